The van der Waals surface area contributed by atoms with Gasteiger partial charge < -0.3 is 32.1 Å². The van der Waals surface area contributed by atoms with Crippen LogP contribution < -0.4 is 22.1 Å². The molecule has 192 valence electrons. The first-order valence-corrected chi connectivity index (χ1v) is 10.3. The van der Waals surface area contributed by atoms with Crippen LogP contribution in [-0.4, -0.2) is 63.0 Å². The number of aliphatic carboxylic acids is 1. The molecule has 0 spiro atoms. The van der Waals surface area contributed by atoms with E-state index < -0.39 is 12.1 Å². The van der Waals surface area contributed by atoms with Crippen LogP contribution in [0.5, 0.6) is 0 Å². The predicted octanol–water partition coefficient (Wildman–Crippen LogP) is 1.33. The zero-order valence-electron chi connectivity index (χ0n) is 18.8. The zero-order valence-corrected chi connectivity index (χ0v) is 18.8. The Kier molecular flexibility index (Phi) is 9.29. The van der Waals surface area contributed by atoms with Gasteiger partial charge in [-0.15, -0.1) is 0 Å². The molecule has 1 aliphatic heterocycles. The highest BCUT2D eigenvalue weighted by Crippen LogP contribution is 2.19. The fourth-order valence-corrected chi connectivity index (χ4v) is 2.81. The molecular weight excluding hydrogens is 483 g/mol. The van der Waals surface area contributed by atoms with Gasteiger partial charge in [0.15, 0.2) is 17.7 Å². The summed E-state index contributed by atoms with van der Waals surface area (Å²) in [6.07, 6.45) is 0.556. The Morgan fingerprint density at radius 3 is 2.14 bits per heavy atom. The van der Waals surface area contributed by atoms with Crippen molar-refractivity contribution in [1.29, 1.82) is 10.8 Å². The highest BCUT2D eigenvalue weighted by Gasteiger charge is 2.38. The minimum atomic E-state index is -5.08. The summed E-state index contributed by atoms with van der Waals surface area (Å²) in [7, 11) is 0. The molecule has 2 heterocycles. The molecule has 1 aromatic heterocycles. The van der Waals surface area contributed by atoms with E-state index in [1.54, 1.807) is 17.0 Å². The number of carbonyl (C=O) groups excluding carboxylic acids is 1. The maximum atomic E-state index is 12.4. The molecule has 0 fully saturated rings. The van der Waals surface area contributed by atoms with Crippen LogP contribution in [0.25, 0.3) is 5.57 Å². The Hall–Kier alpha value is -4.69. The van der Waals surface area contributed by atoms with E-state index in [9.17, 15) is 18.0 Å². The van der Waals surface area contributed by atoms with Crippen LogP contribution in [0.15, 0.2) is 42.7 Å². The van der Waals surface area contributed by atoms with Gasteiger partial charge in [0, 0.05) is 37.7 Å². The van der Waals surface area contributed by atoms with Gasteiger partial charge in [-0.25, -0.2) is 14.8 Å². The SMILES string of the molecule is N=C(N)NCc1ccc(NC(=O)c2cnc(C3=CCN(C(=N)N)CC3)nc2)cc1.O=C(O)C(F)(F)F. The number of amides is 1. The first-order valence-electron chi connectivity index (χ1n) is 10.3. The molecule has 12 nitrogen and oxygen atoms in total. The number of carbonyl (C=O) groups is 2. The van der Waals surface area contributed by atoms with Gasteiger partial charge in [-0.1, -0.05) is 18.2 Å². The molecular formula is C21H24F3N9O3. The predicted molar refractivity (Wildman–Crippen MR) is 125 cm³/mol. The minimum absolute atomic E-state index is 0.0522. The highest BCUT2D eigenvalue weighted by atomic mass is 19.4. The summed E-state index contributed by atoms with van der Waals surface area (Å²) in [6, 6.07) is 7.23. The van der Waals surface area contributed by atoms with Crippen molar-refractivity contribution < 1.29 is 27.9 Å². The summed E-state index contributed by atoms with van der Waals surface area (Å²) >= 11 is 0. The summed E-state index contributed by atoms with van der Waals surface area (Å²) in [5, 5.41) is 27.3. The number of nitrogens with one attached hydrogen (secondary N) is 4. The third kappa shape index (κ3) is 8.58. The largest absolute Gasteiger partial charge is 0.490 e. The Morgan fingerprint density at radius 1 is 1.11 bits per heavy atom. The lowest BCUT2D eigenvalue weighted by atomic mass is 10.1. The molecule has 0 saturated heterocycles. The number of carboxylic acid groups (broad SMARTS) is 1. The summed E-state index contributed by atoms with van der Waals surface area (Å²) in [5.74, 6) is -2.52. The highest BCUT2D eigenvalue weighted by molar-refractivity contribution is 6.03. The van der Waals surface area contributed by atoms with E-state index in [4.69, 9.17) is 32.2 Å². The normalized spacial score (nSPS) is 13.0. The zero-order chi connectivity index (χ0) is 26.9. The summed E-state index contributed by atoms with van der Waals surface area (Å²) in [5.41, 5.74) is 13.7. The second-order valence-electron chi connectivity index (χ2n) is 7.33. The van der Waals surface area contributed by atoms with Crippen molar-refractivity contribution in [2.75, 3.05) is 18.4 Å². The number of guanidine groups is 2. The molecule has 1 aromatic carbocycles. The van der Waals surface area contributed by atoms with Crippen LogP contribution in [0.1, 0.15) is 28.2 Å². The van der Waals surface area contributed by atoms with Crippen LogP contribution in [0, 0.1) is 10.8 Å². The number of hydrogen-bond acceptors (Lipinski definition) is 6. The van der Waals surface area contributed by atoms with E-state index in [2.05, 4.69) is 20.6 Å². The third-order valence-corrected chi connectivity index (χ3v) is 4.69. The monoisotopic (exact) mass is 507 g/mol. The molecule has 0 bridgehead atoms. The smallest absolute Gasteiger partial charge is 0.475 e. The number of hydrogen-bond donors (Lipinski definition) is 7. The fourth-order valence-electron chi connectivity index (χ4n) is 2.81. The summed E-state index contributed by atoms with van der Waals surface area (Å²) in [4.78, 5) is 31.7. The van der Waals surface area contributed by atoms with Gasteiger partial charge in [0.25, 0.3) is 5.91 Å². The van der Waals surface area contributed by atoms with Crippen LogP contribution >= 0.6 is 0 Å². The van der Waals surface area contributed by atoms with Gasteiger partial charge >= 0.3 is 12.1 Å². The number of nitrogens with zero attached hydrogens (tertiary/aromatic N) is 3. The Balaban J connectivity index is 0.000000572. The van der Waals surface area contributed by atoms with E-state index in [1.165, 1.54) is 12.4 Å². The first kappa shape index (κ1) is 27.6. The number of anilines is 1. The van der Waals surface area contributed by atoms with Gasteiger partial charge in [-0.05, 0) is 29.7 Å². The molecule has 1 amide bonds. The maximum absolute atomic E-state index is 12.4. The molecule has 0 saturated carbocycles. The molecule has 0 aliphatic carbocycles. The van der Waals surface area contributed by atoms with Crippen molar-refractivity contribution in [3.63, 3.8) is 0 Å². The Bertz CT molecular complexity index is 1130. The van der Waals surface area contributed by atoms with Crippen LogP contribution in [0.4, 0.5) is 18.9 Å². The molecule has 0 unspecified atom stereocenters. The van der Waals surface area contributed by atoms with Crippen LogP contribution in [-0.2, 0) is 11.3 Å². The minimum Gasteiger partial charge on any atom is -0.475 e. The lowest BCUT2D eigenvalue weighted by molar-refractivity contribution is -0.192. The Labute approximate surface area is 203 Å². The maximum Gasteiger partial charge on any atom is 0.490 e. The van der Waals surface area contributed by atoms with Gasteiger partial charge in [-0.3, -0.25) is 15.6 Å². The number of halogens is 3. The van der Waals surface area contributed by atoms with Crippen molar-refractivity contribution in [1.82, 2.24) is 20.2 Å². The van der Waals surface area contributed by atoms with Gasteiger partial charge in [-0.2, -0.15) is 13.2 Å². The van der Waals surface area contributed by atoms with Crippen LogP contribution in [0.2, 0.25) is 0 Å². The first-order chi connectivity index (χ1) is 16.9. The second-order valence-corrected chi connectivity index (χ2v) is 7.33. The molecule has 3 rings (SSSR count). The van der Waals surface area contributed by atoms with E-state index in [-0.39, 0.29) is 17.8 Å². The molecule has 1 aliphatic rings. The lowest BCUT2D eigenvalue weighted by Gasteiger charge is -2.25. The van der Waals surface area contributed by atoms with Crippen LogP contribution in [0.3, 0.4) is 0 Å². The quantitative estimate of drug-likeness (QED) is 0.230. The number of carboxylic acids is 1. The summed E-state index contributed by atoms with van der Waals surface area (Å²) < 4.78 is 31.7. The third-order valence-electron chi connectivity index (χ3n) is 4.69. The number of benzene rings is 1. The molecule has 0 atom stereocenters. The van der Waals surface area contributed by atoms with E-state index >= 15 is 0 Å². The number of rotatable bonds is 5. The number of alkyl halides is 3. The Morgan fingerprint density at radius 2 is 1.69 bits per heavy atom. The van der Waals surface area contributed by atoms with E-state index in [0.29, 0.717) is 43.1 Å². The van der Waals surface area contributed by atoms with Gasteiger partial charge in [0.05, 0.1) is 5.56 Å². The second kappa shape index (κ2) is 12.1. The molecule has 9 N–H and O–H groups in total. The van der Waals surface area contributed by atoms with Crippen molar-refractivity contribution in [3.05, 3.63) is 59.7 Å². The van der Waals surface area contributed by atoms with Crippen molar-refractivity contribution >= 4 is 35.1 Å². The van der Waals surface area contributed by atoms with E-state index in [0.717, 1.165) is 11.1 Å². The van der Waals surface area contributed by atoms with Gasteiger partial charge in [0.2, 0.25) is 0 Å². The molecule has 36 heavy (non-hydrogen) atoms. The molecule has 0 radical (unpaired) electrons. The summed E-state index contributed by atoms with van der Waals surface area (Å²) in [6.45, 7) is 1.64. The number of nitrogens with two attached hydrogens (primary N) is 2. The van der Waals surface area contributed by atoms with E-state index in [1.807, 2.05) is 18.2 Å². The fraction of sp³-hybridized carbons (Fsp3) is 0.238. The average Bonchev–Trinajstić information content (AvgIpc) is 2.83. The number of aromatic nitrogens is 2. The average molecular weight is 507 g/mol. The molecule has 2 aromatic rings. The lowest BCUT2D eigenvalue weighted by Crippen LogP contribution is -2.39. The van der Waals surface area contributed by atoms with Crippen molar-refractivity contribution in [2.45, 2.75) is 19.1 Å². The molecule has 15 heteroatoms. The van der Waals surface area contributed by atoms with Gasteiger partial charge in [0.1, 0.15) is 0 Å². The topological polar surface area (TPSA) is 207 Å². The van der Waals surface area contributed by atoms with Crippen molar-refractivity contribution in [2.24, 2.45) is 11.5 Å². The standard InChI is InChI=1S/C19H23N9O.C2HF3O2/c20-18(21)26-9-12-1-3-15(4-2-12)27-17(29)14-10-24-16(25-11-14)13-5-7-28(8-6-13)19(22)23;3-2(4,5)1(6)7/h1-5,10-11H,6-9H2,(H3,22,23)(H,27,29)(H4,20,21,26);(H,6,7). The van der Waals surface area contributed by atoms with Crippen molar-refractivity contribution in [3.8, 4) is 0 Å².